The Morgan fingerprint density at radius 1 is 0.296 bits per heavy atom. The zero-order valence-corrected chi connectivity index (χ0v) is 46.5. The third-order valence-electron chi connectivity index (χ3n) is 12.5. The van der Waals surface area contributed by atoms with Crippen LogP contribution in [0.4, 0.5) is 0 Å². The number of allylic oxidation sites excluding steroid dienone is 16. The molecular weight excluding hydrogens is 877 g/mol. The van der Waals surface area contributed by atoms with Crippen LogP contribution in [0.5, 0.6) is 0 Å². The van der Waals surface area contributed by atoms with Crippen LogP contribution < -0.4 is 0 Å². The van der Waals surface area contributed by atoms with Crippen LogP contribution in [-0.2, 0) is 28.6 Å². The van der Waals surface area contributed by atoms with Crippen molar-refractivity contribution in [2.75, 3.05) is 13.2 Å². The van der Waals surface area contributed by atoms with Crippen LogP contribution in [0.3, 0.4) is 0 Å². The molecule has 406 valence electrons. The first-order valence-corrected chi connectivity index (χ1v) is 29.7. The molecule has 0 aromatic rings. The average molecular weight is 988 g/mol. The predicted molar refractivity (Wildman–Crippen MR) is 307 cm³/mol. The van der Waals surface area contributed by atoms with Gasteiger partial charge >= 0.3 is 17.9 Å². The van der Waals surface area contributed by atoms with E-state index in [-0.39, 0.29) is 37.5 Å². The maximum atomic E-state index is 12.9. The number of esters is 3. The molecule has 0 aromatic heterocycles. The van der Waals surface area contributed by atoms with Gasteiger partial charge in [0.05, 0.1) is 0 Å². The van der Waals surface area contributed by atoms with Crippen LogP contribution in [0.2, 0.25) is 0 Å². The third kappa shape index (κ3) is 57.1. The van der Waals surface area contributed by atoms with E-state index in [1.807, 2.05) is 0 Å². The summed E-state index contributed by atoms with van der Waals surface area (Å²) in [6, 6.07) is 0. The van der Waals surface area contributed by atoms with Gasteiger partial charge in [-0.25, -0.2) is 0 Å². The number of unbranched alkanes of at least 4 members (excludes halogenated alkanes) is 26. The third-order valence-corrected chi connectivity index (χ3v) is 12.5. The van der Waals surface area contributed by atoms with Crippen LogP contribution in [0.1, 0.15) is 278 Å². The Hall–Kier alpha value is -3.67. The quantitative estimate of drug-likeness (QED) is 0.0261. The van der Waals surface area contributed by atoms with Crippen molar-refractivity contribution in [2.24, 2.45) is 0 Å². The van der Waals surface area contributed by atoms with E-state index in [2.05, 4.69) is 118 Å². The van der Waals surface area contributed by atoms with Gasteiger partial charge in [0.2, 0.25) is 0 Å². The highest BCUT2D eigenvalue weighted by molar-refractivity contribution is 5.71. The molecule has 6 nitrogen and oxygen atoms in total. The van der Waals surface area contributed by atoms with Gasteiger partial charge in [-0.2, -0.15) is 0 Å². The van der Waals surface area contributed by atoms with Crippen molar-refractivity contribution < 1.29 is 28.6 Å². The van der Waals surface area contributed by atoms with Crippen LogP contribution in [0, 0.1) is 0 Å². The topological polar surface area (TPSA) is 78.9 Å². The minimum Gasteiger partial charge on any atom is -0.462 e. The molecule has 0 rings (SSSR count). The summed E-state index contributed by atoms with van der Waals surface area (Å²) in [4.78, 5) is 38.2. The molecule has 0 saturated heterocycles. The molecule has 0 N–H and O–H groups in total. The normalized spacial score (nSPS) is 12.8. The molecule has 0 aromatic carbocycles. The van der Waals surface area contributed by atoms with E-state index >= 15 is 0 Å². The van der Waals surface area contributed by atoms with Crippen molar-refractivity contribution in [3.8, 4) is 0 Å². The first-order valence-electron chi connectivity index (χ1n) is 29.7. The number of carbonyl (C=O) groups is 3. The molecule has 0 fully saturated rings. The lowest BCUT2D eigenvalue weighted by Crippen LogP contribution is -2.30. The van der Waals surface area contributed by atoms with E-state index in [9.17, 15) is 14.4 Å². The summed E-state index contributed by atoms with van der Waals surface area (Å²) in [6.07, 6.45) is 78.2. The summed E-state index contributed by atoms with van der Waals surface area (Å²) >= 11 is 0. The summed E-state index contributed by atoms with van der Waals surface area (Å²) in [7, 11) is 0. The van der Waals surface area contributed by atoms with Gasteiger partial charge in [-0.1, -0.05) is 234 Å². The highest BCUT2D eigenvalue weighted by atomic mass is 16.6. The van der Waals surface area contributed by atoms with Crippen LogP contribution >= 0.6 is 0 Å². The largest absolute Gasteiger partial charge is 0.462 e. The molecule has 0 spiro atoms. The summed E-state index contributed by atoms with van der Waals surface area (Å²) in [5, 5.41) is 0. The predicted octanol–water partition coefficient (Wildman–Crippen LogP) is 20.1. The lowest BCUT2D eigenvalue weighted by atomic mass is 10.1. The second-order valence-corrected chi connectivity index (χ2v) is 19.5. The first-order chi connectivity index (χ1) is 35.0. The summed E-state index contributed by atoms with van der Waals surface area (Å²) in [6.45, 7) is 6.47. The van der Waals surface area contributed by atoms with Gasteiger partial charge in [-0.3, -0.25) is 14.4 Å². The van der Waals surface area contributed by atoms with Gasteiger partial charge < -0.3 is 14.2 Å². The Balaban J connectivity index is 4.47. The number of ether oxygens (including phenoxy) is 3. The summed E-state index contributed by atoms with van der Waals surface area (Å²) in [5.74, 6) is -0.935. The van der Waals surface area contributed by atoms with E-state index in [0.717, 1.165) is 109 Å². The maximum Gasteiger partial charge on any atom is 0.306 e. The van der Waals surface area contributed by atoms with Gasteiger partial charge in [-0.05, 0) is 122 Å². The van der Waals surface area contributed by atoms with E-state index < -0.39 is 6.10 Å². The molecule has 0 bridgehead atoms. The van der Waals surface area contributed by atoms with E-state index in [1.54, 1.807) is 0 Å². The lowest BCUT2D eigenvalue weighted by Gasteiger charge is -2.18. The minimum absolute atomic E-state index is 0.0959. The van der Waals surface area contributed by atoms with Gasteiger partial charge in [0, 0.05) is 19.3 Å². The van der Waals surface area contributed by atoms with Gasteiger partial charge in [0.15, 0.2) is 6.10 Å². The number of hydrogen-bond donors (Lipinski definition) is 0. The lowest BCUT2D eigenvalue weighted by molar-refractivity contribution is -0.167. The Labute approximate surface area is 438 Å². The van der Waals surface area contributed by atoms with E-state index in [0.29, 0.717) is 12.8 Å². The molecular formula is C65H110O6. The van der Waals surface area contributed by atoms with Gasteiger partial charge in [0.25, 0.3) is 0 Å². The van der Waals surface area contributed by atoms with Crippen molar-refractivity contribution in [3.05, 3.63) is 97.2 Å². The standard InChI is InChI=1S/C65H110O6/c1-4-7-10-13-16-19-22-25-28-31-32-35-38-41-44-47-50-53-56-59-65(68)71-62(60-69-63(66)57-54-51-48-45-42-39-36-33-29-26-23-20-17-14-11-8-5-2)61-70-64(67)58-55-52-49-46-43-40-37-34-30-27-24-21-18-15-12-9-6-3/h7,10,16-17,19-20,25-30,32,35,41,44,62H,4-6,8-9,11-15,18,21-24,31,33-34,36-40,42-43,45-61H2,1-3H3/b10-7-,19-16-,20-17-,28-25-,29-26-,30-27-,35-32-,44-41-/t62-/m1/s1. The fraction of sp³-hybridized carbons (Fsp3) is 0.708. The Morgan fingerprint density at radius 3 is 0.915 bits per heavy atom. The number of hydrogen-bond acceptors (Lipinski definition) is 6. The monoisotopic (exact) mass is 987 g/mol. The Bertz CT molecular complexity index is 1410. The molecule has 0 aliphatic heterocycles. The smallest absolute Gasteiger partial charge is 0.306 e. The van der Waals surface area contributed by atoms with Crippen molar-refractivity contribution in [2.45, 2.75) is 284 Å². The molecule has 6 heteroatoms. The second-order valence-electron chi connectivity index (χ2n) is 19.5. The van der Waals surface area contributed by atoms with Crippen molar-refractivity contribution >= 4 is 17.9 Å². The fourth-order valence-electron chi connectivity index (χ4n) is 8.08. The zero-order chi connectivity index (χ0) is 51.4. The molecule has 0 heterocycles. The van der Waals surface area contributed by atoms with E-state index in [1.165, 1.54) is 128 Å². The second kappa shape index (κ2) is 58.9. The van der Waals surface area contributed by atoms with Crippen LogP contribution in [0.25, 0.3) is 0 Å². The molecule has 0 saturated carbocycles. The highest BCUT2D eigenvalue weighted by Gasteiger charge is 2.19. The molecule has 0 aliphatic rings. The summed E-state index contributed by atoms with van der Waals surface area (Å²) < 4.78 is 16.9. The maximum absolute atomic E-state index is 12.9. The Kier molecular flexibility index (Phi) is 55.9. The van der Waals surface area contributed by atoms with Crippen molar-refractivity contribution in [1.29, 1.82) is 0 Å². The SMILES string of the molecule is CC/C=C\C/C=C\C/C=C\C/C=C\C/C=C\CCCCCC(=O)O[C@H](COC(=O)CCCCCCCCC/C=C\C/C=C\CCCCC)COC(=O)CCCCCCCCC/C=C\CCCCCCCC. The molecule has 0 amide bonds. The molecule has 0 unspecified atom stereocenters. The van der Waals surface area contributed by atoms with Gasteiger partial charge in [-0.15, -0.1) is 0 Å². The van der Waals surface area contributed by atoms with Crippen molar-refractivity contribution in [3.63, 3.8) is 0 Å². The first kappa shape index (κ1) is 67.3. The van der Waals surface area contributed by atoms with E-state index in [4.69, 9.17) is 14.2 Å². The Morgan fingerprint density at radius 2 is 0.549 bits per heavy atom. The number of rotatable bonds is 53. The summed E-state index contributed by atoms with van der Waals surface area (Å²) in [5.41, 5.74) is 0. The van der Waals surface area contributed by atoms with Gasteiger partial charge in [0.1, 0.15) is 13.2 Å². The molecule has 71 heavy (non-hydrogen) atoms. The number of carbonyl (C=O) groups excluding carboxylic acids is 3. The van der Waals surface area contributed by atoms with Crippen LogP contribution in [-0.4, -0.2) is 37.2 Å². The van der Waals surface area contributed by atoms with Crippen LogP contribution in [0.15, 0.2) is 97.2 Å². The molecule has 0 aliphatic carbocycles. The van der Waals surface area contributed by atoms with Crippen molar-refractivity contribution in [1.82, 2.24) is 0 Å². The molecule has 1 atom stereocenters. The highest BCUT2D eigenvalue weighted by Crippen LogP contribution is 2.14. The zero-order valence-electron chi connectivity index (χ0n) is 46.5. The fourth-order valence-corrected chi connectivity index (χ4v) is 8.08. The minimum atomic E-state index is -0.802. The molecule has 0 radical (unpaired) electrons. The average Bonchev–Trinajstić information content (AvgIpc) is 3.37.